The quantitative estimate of drug-likeness (QED) is 0.150. The SMILES string of the molecule is [C-]#[N+]/C(C#N)=C1\C(=C\c2cc3c(s2)-c2sc(/C=C4/C(=C(\C#N)[N+]#[C-])c5ccccc5S4(=O)=O)cc2C32CCCCC2)S(=O)(=O)c2ccccc21. The van der Waals surface area contributed by atoms with Crippen molar-refractivity contribution in [2.45, 2.75) is 47.3 Å². The highest BCUT2D eigenvalue weighted by atomic mass is 32.2. The third-order valence-electron chi connectivity index (χ3n) is 9.87. The summed E-state index contributed by atoms with van der Waals surface area (Å²) in [5.41, 5.74) is 2.22. The molecule has 0 amide bonds. The number of fused-ring (bicyclic) bond motifs is 7. The second-order valence-corrected chi connectivity index (χ2v) is 18.3. The zero-order valence-electron chi connectivity index (χ0n) is 26.0. The molecule has 8 nitrogen and oxygen atoms in total. The van der Waals surface area contributed by atoms with Crippen LogP contribution in [-0.4, -0.2) is 16.8 Å². The molecule has 2 aliphatic carbocycles. The van der Waals surface area contributed by atoms with Gasteiger partial charge < -0.3 is 0 Å². The van der Waals surface area contributed by atoms with Crippen LogP contribution in [0.1, 0.15) is 64.1 Å². The topological polar surface area (TPSA) is 125 Å². The molecule has 0 unspecified atom stereocenters. The Kier molecular flexibility index (Phi) is 7.24. The molecule has 4 aliphatic rings. The standard InChI is InChI=1S/C38H22N4O4S4/c1-41-28(20-39)34-24-10-4-6-12-30(24)49(43,44)32(34)18-22-16-26-36(47-22)37-27(38(26)14-8-3-9-15-38)17-23(48-37)19-33-35(29(21-40)42-2)25-11-5-7-13-31(25)50(33,45)46/h4-7,10-13,16-19H,3,8-9,14-15H2/b32-18-,33-19-,34-28-,35-29+. The van der Waals surface area contributed by atoms with Gasteiger partial charge >= 0.3 is 0 Å². The van der Waals surface area contributed by atoms with Crippen molar-refractivity contribution in [1.82, 2.24) is 0 Å². The van der Waals surface area contributed by atoms with Gasteiger partial charge in [-0.05, 0) is 71.5 Å². The summed E-state index contributed by atoms with van der Waals surface area (Å²) in [4.78, 5) is 10.1. The van der Waals surface area contributed by atoms with E-state index in [2.05, 4.69) is 9.69 Å². The molecule has 242 valence electrons. The summed E-state index contributed by atoms with van der Waals surface area (Å²) in [5, 5.41) is 19.6. The van der Waals surface area contributed by atoms with Gasteiger partial charge in [-0.25, -0.2) is 37.0 Å². The monoisotopic (exact) mass is 726 g/mol. The molecule has 0 saturated heterocycles. The van der Waals surface area contributed by atoms with Crippen LogP contribution in [0, 0.1) is 35.8 Å². The smallest absolute Gasteiger partial charge is 0.226 e. The van der Waals surface area contributed by atoms with Gasteiger partial charge in [-0.15, -0.1) is 22.7 Å². The summed E-state index contributed by atoms with van der Waals surface area (Å²) >= 11 is 2.88. The molecule has 8 rings (SSSR count). The van der Waals surface area contributed by atoms with E-state index in [1.807, 2.05) is 24.3 Å². The van der Waals surface area contributed by atoms with Crippen molar-refractivity contribution < 1.29 is 16.8 Å². The zero-order valence-corrected chi connectivity index (χ0v) is 29.3. The fourth-order valence-corrected chi connectivity index (χ4v) is 13.9. The van der Waals surface area contributed by atoms with Crippen molar-refractivity contribution in [2.75, 3.05) is 0 Å². The Morgan fingerprint density at radius 1 is 0.700 bits per heavy atom. The Hall–Kier alpha value is -5.34. The number of allylic oxidation sites excluding steroid dienone is 4. The average Bonchev–Trinajstić information content (AvgIpc) is 3.88. The van der Waals surface area contributed by atoms with Crippen molar-refractivity contribution >= 4 is 65.6 Å². The third-order valence-corrected chi connectivity index (χ3v) is 15.9. The highest BCUT2D eigenvalue weighted by molar-refractivity contribution is 7.97. The number of thiophene rings is 2. The van der Waals surface area contributed by atoms with Crippen LogP contribution >= 0.6 is 22.7 Å². The number of nitrogens with zero attached hydrogens (tertiary/aromatic N) is 4. The Balaban J connectivity index is 1.31. The van der Waals surface area contributed by atoms with Gasteiger partial charge in [0.05, 0.1) is 44.9 Å². The van der Waals surface area contributed by atoms with Crippen LogP contribution in [0.15, 0.2) is 91.7 Å². The van der Waals surface area contributed by atoms with Crippen LogP contribution in [0.5, 0.6) is 0 Å². The van der Waals surface area contributed by atoms with E-state index < -0.39 is 19.7 Å². The van der Waals surface area contributed by atoms with E-state index in [1.165, 1.54) is 34.8 Å². The molecule has 2 aromatic heterocycles. The van der Waals surface area contributed by atoms with Crippen LogP contribution in [0.2, 0.25) is 0 Å². The first-order chi connectivity index (χ1) is 24.1. The maximum Gasteiger partial charge on any atom is 0.270 e. The minimum atomic E-state index is -4.00. The van der Waals surface area contributed by atoms with Gasteiger partial charge in [-0.3, -0.25) is 0 Å². The molecular weight excluding hydrogens is 705 g/mol. The summed E-state index contributed by atoms with van der Waals surface area (Å²) < 4.78 is 55.3. The van der Waals surface area contributed by atoms with Crippen LogP contribution in [0.25, 0.3) is 42.7 Å². The van der Waals surface area contributed by atoms with E-state index in [0.29, 0.717) is 20.9 Å². The summed E-state index contributed by atoms with van der Waals surface area (Å²) in [5.74, 6) is 0. The van der Waals surface area contributed by atoms with Gasteiger partial charge in [0.2, 0.25) is 19.7 Å². The fourth-order valence-electron chi connectivity index (χ4n) is 7.76. The van der Waals surface area contributed by atoms with Crippen LogP contribution < -0.4 is 0 Å². The molecule has 0 N–H and O–H groups in total. The minimum Gasteiger partial charge on any atom is -0.226 e. The van der Waals surface area contributed by atoms with Gasteiger partial charge in [0.15, 0.2) is 0 Å². The Bertz CT molecular complexity index is 2540. The second-order valence-electron chi connectivity index (χ2n) is 12.3. The van der Waals surface area contributed by atoms with Gasteiger partial charge in [0, 0.05) is 36.1 Å². The summed E-state index contributed by atoms with van der Waals surface area (Å²) in [6, 6.07) is 20.7. The number of sulfone groups is 2. The van der Waals surface area contributed by atoms with Gasteiger partial charge in [-0.2, -0.15) is 0 Å². The number of nitriles is 2. The Morgan fingerprint density at radius 2 is 1.12 bits per heavy atom. The lowest BCUT2D eigenvalue weighted by atomic mass is 9.68. The molecule has 2 aromatic carbocycles. The highest BCUT2D eigenvalue weighted by Crippen LogP contribution is 2.61. The van der Waals surface area contributed by atoms with Gasteiger partial charge in [0.1, 0.15) is 0 Å². The predicted molar refractivity (Wildman–Crippen MR) is 193 cm³/mol. The van der Waals surface area contributed by atoms with Crippen LogP contribution in [0.4, 0.5) is 0 Å². The molecule has 4 heterocycles. The van der Waals surface area contributed by atoms with E-state index in [1.54, 1.807) is 48.6 Å². The molecule has 0 bridgehead atoms. The van der Waals surface area contributed by atoms with Crippen LogP contribution in [-0.2, 0) is 25.1 Å². The first-order valence-electron chi connectivity index (χ1n) is 15.6. The van der Waals surface area contributed by atoms with E-state index >= 15 is 0 Å². The molecule has 0 radical (unpaired) electrons. The highest BCUT2D eigenvalue weighted by Gasteiger charge is 2.47. The molecule has 1 spiro atoms. The molecule has 50 heavy (non-hydrogen) atoms. The molecule has 4 aromatic rings. The largest absolute Gasteiger partial charge is 0.270 e. The molecule has 12 heteroatoms. The first-order valence-corrected chi connectivity index (χ1v) is 20.2. The number of rotatable bonds is 2. The third kappa shape index (κ3) is 4.34. The molecule has 1 saturated carbocycles. The summed E-state index contributed by atoms with van der Waals surface area (Å²) in [7, 11) is -8.00. The lowest BCUT2D eigenvalue weighted by molar-refractivity contribution is 0.353. The molecular formula is C38H22N4O4S4. The van der Waals surface area contributed by atoms with Crippen molar-refractivity contribution in [3.8, 4) is 21.9 Å². The minimum absolute atomic E-state index is 0.0685. The molecule has 2 aliphatic heterocycles. The van der Waals surface area contributed by atoms with E-state index in [4.69, 9.17) is 13.1 Å². The van der Waals surface area contributed by atoms with E-state index in [9.17, 15) is 27.4 Å². The summed E-state index contributed by atoms with van der Waals surface area (Å²) in [6.45, 7) is 15.2. The molecule has 1 fully saturated rings. The van der Waals surface area contributed by atoms with E-state index in [-0.39, 0.29) is 47.6 Å². The zero-order chi connectivity index (χ0) is 35.0. The number of hydrogen-bond donors (Lipinski definition) is 0. The normalized spacial score (nSPS) is 22.1. The van der Waals surface area contributed by atoms with Gasteiger partial charge in [-0.1, -0.05) is 55.7 Å². The predicted octanol–water partition coefficient (Wildman–Crippen LogP) is 9.00. The van der Waals surface area contributed by atoms with Gasteiger partial charge in [0.25, 0.3) is 11.4 Å². The maximum atomic E-state index is 13.8. The Morgan fingerprint density at radius 3 is 1.52 bits per heavy atom. The summed E-state index contributed by atoms with van der Waals surface area (Å²) in [6.07, 6.45) is 8.00. The van der Waals surface area contributed by atoms with Crippen molar-refractivity contribution in [2.24, 2.45) is 0 Å². The maximum absolute atomic E-state index is 13.8. The number of benzene rings is 2. The first kappa shape index (κ1) is 31.9. The Labute approximate surface area is 297 Å². The van der Waals surface area contributed by atoms with Crippen molar-refractivity contribution in [3.63, 3.8) is 0 Å². The number of hydrogen-bond acceptors (Lipinski definition) is 8. The van der Waals surface area contributed by atoms with Crippen molar-refractivity contribution in [3.05, 3.63) is 137 Å². The van der Waals surface area contributed by atoms with Crippen LogP contribution in [0.3, 0.4) is 0 Å². The lowest BCUT2D eigenvalue weighted by Gasteiger charge is -2.34. The average molecular weight is 727 g/mol. The molecule has 0 atom stereocenters. The van der Waals surface area contributed by atoms with Crippen molar-refractivity contribution in [1.29, 1.82) is 10.5 Å². The second kappa shape index (κ2) is 11.4. The lowest BCUT2D eigenvalue weighted by Crippen LogP contribution is -2.27. The fraction of sp³-hybridized carbons (Fsp3) is 0.158. The van der Waals surface area contributed by atoms with E-state index in [0.717, 1.165) is 53.0 Å².